The lowest BCUT2D eigenvalue weighted by Crippen LogP contribution is -2.53. The molecule has 112 valence electrons. The molecule has 1 fully saturated rings. The zero-order valence-electron chi connectivity index (χ0n) is 12.6. The molecule has 1 saturated heterocycles. The number of benzene rings is 1. The normalized spacial score (nSPS) is 21.7. The Labute approximate surface area is 123 Å². The van der Waals surface area contributed by atoms with Gasteiger partial charge in [0.05, 0.1) is 11.7 Å². The summed E-state index contributed by atoms with van der Waals surface area (Å²) in [4.78, 5) is 14.4. The summed E-state index contributed by atoms with van der Waals surface area (Å²) in [6.07, 6.45) is 0.0118. The van der Waals surface area contributed by atoms with Gasteiger partial charge in [-0.05, 0) is 45.0 Å². The summed E-state index contributed by atoms with van der Waals surface area (Å²) in [7, 11) is 0. The Morgan fingerprint density at radius 3 is 2.86 bits per heavy atom. The highest BCUT2D eigenvalue weighted by Crippen LogP contribution is 2.26. The van der Waals surface area contributed by atoms with Crippen LogP contribution in [0.25, 0.3) is 11.0 Å². The number of furan rings is 1. The topological polar surface area (TPSA) is 68.7 Å². The van der Waals surface area contributed by atoms with Gasteiger partial charge in [-0.1, -0.05) is 0 Å². The molecular weight excluding hydrogens is 268 g/mol. The molecule has 2 aromatic rings. The lowest BCUT2D eigenvalue weighted by molar-refractivity contribution is -0.119. The van der Waals surface area contributed by atoms with Gasteiger partial charge in [0, 0.05) is 24.2 Å². The van der Waals surface area contributed by atoms with Crippen LogP contribution < -0.4 is 5.73 Å². The monoisotopic (exact) mass is 288 g/mol. The number of ether oxygens (including phenoxy) is 1. The number of carbonyl (C=O) groups excluding carboxylic acids is 1. The zero-order chi connectivity index (χ0) is 15.2. The van der Waals surface area contributed by atoms with Gasteiger partial charge >= 0.3 is 0 Å². The second-order valence-corrected chi connectivity index (χ2v) is 6.28. The van der Waals surface area contributed by atoms with Crippen LogP contribution in [0, 0.1) is 0 Å². The van der Waals surface area contributed by atoms with Crippen molar-refractivity contribution in [3.8, 4) is 0 Å². The maximum atomic E-state index is 12.6. The van der Waals surface area contributed by atoms with Gasteiger partial charge in [-0.2, -0.15) is 0 Å². The molecule has 1 amide bonds. The summed E-state index contributed by atoms with van der Waals surface area (Å²) < 4.78 is 11.5. The largest absolute Gasteiger partial charge is 0.451 e. The van der Waals surface area contributed by atoms with Gasteiger partial charge in [-0.15, -0.1) is 0 Å². The van der Waals surface area contributed by atoms with Crippen LogP contribution >= 0.6 is 0 Å². The summed E-state index contributed by atoms with van der Waals surface area (Å²) in [5.41, 5.74) is 6.74. The summed E-state index contributed by atoms with van der Waals surface area (Å²) >= 11 is 0. The minimum Gasteiger partial charge on any atom is -0.451 e. The Kier molecular flexibility index (Phi) is 3.17. The molecule has 0 saturated carbocycles. The number of morpholine rings is 1. The number of anilines is 1. The predicted octanol–water partition coefficient (Wildman–Crippen LogP) is 2.65. The number of amides is 1. The second-order valence-electron chi connectivity index (χ2n) is 6.28. The third-order valence-corrected chi connectivity index (χ3v) is 3.61. The molecule has 1 unspecified atom stereocenters. The van der Waals surface area contributed by atoms with E-state index in [1.54, 1.807) is 23.1 Å². The molecule has 1 atom stereocenters. The molecule has 2 heterocycles. The van der Waals surface area contributed by atoms with Crippen molar-refractivity contribution in [3.63, 3.8) is 0 Å². The summed E-state index contributed by atoms with van der Waals surface area (Å²) in [5.74, 6) is 0.244. The highest BCUT2D eigenvalue weighted by Gasteiger charge is 2.35. The Morgan fingerprint density at radius 1 is 1.38 bits per heavy atom. The number of fused-ring (bicyclic) bond motifs is 1. The molecule has 5 heteroatoms. The molecule has 5 nitrogen and oxygen atoms in total. The van der Waals surface area contributed by atoms with Crippen molar-refractivity contribution in [2.45, 2.75) is 32.5 Å². The van der Waals surface area contributed by atoms with Crippen molar-refractivity contribution in [1.82, 2.24) is 4.90 Å². The van der Waals surface area contributed by atoms with Crippen LogP contribution in [0.1, 0.15) is 31.3 Å². The van der Waals surface area contributed by atoms with E-state index >= 15 is 0 Å². The molecule has 0 radical (unpaired) electrons. The van der Waals surface area contributed by atoms with Crippen LogP contribution in [0.3, 0.4) is 0 Å². The van der Waals surface area contributed by atoms with Crippen LogP contribution in [-0.4, -0.2) is 35.6 Å². The number of carbonyl (C=O) groups is 1. The summed E-state index contributed by atoms with van der Waals surface area (Å²) in [6, 6.07) is 7.11. The van der Waals surface area contributed by atoms with Crippen molar-refractivity contribution in [2.24, 2.45) is 0 Å². The van der Waals surface area contributed by atoms with Crippen LogP contribution in [-0.2, 0) is 4.74 Å². The first-order valence-electron chi connectivity index (χ1n) is 7.10. The van der Waals surface area contributed by atoms with Crippen LogP contribution in [0.2, 0.25) is 0 Å². The molecule has 1 aromatic heterocycles. The van der Waals surface area contributed by atoms with Crippen molar-refractivity contribution in [2.75, 3.05) is 18.8 Å². The van der Waals surface area contributed by atoms with Crippen LogP contribution in [0.5, 0.6) is 0 Å². The Morgan fingerprint density at radius 2 is 2.14 bits per heavy atom. The highest BCUT2D eigenvalue weighted by atomic mass is 16.5. The van der Waals surface area contributed by atoms with E-state index in [-0.39, 0.29) is 17.6 Å². The molecule has 1 aliphatic rings. The van der Waals surface area contributed by atoms with E-state index in [0.29, 0.717) is 30.1 Å². The van der Waals surface area contributed by atoms with E-state index in [1.165, 1.54) is 0 Å². The first-order valence-corrected chi connectivity index (χ1v) is 7.10. The quantitative estimate of drug-likeness (QED) is 0.819. The molecule has 2 N–H and O–H groups in total. The molecule has 21 heavy (non-hydrogen) atoms. The van der Waals surface area contributed by atoms with Crippen molar-refractivity contribution in [3.05, 3.63) is 30.0 Å². The third-order valence-electron chi connectivity index (χ3n) is 3.61. The summed E-state index contributed by atoms with van der Waals surface area (Å²) in [5, 5.41) is 0.846. The van der Waals surface area contributed by atoms with Crippen molar-refractivity contribution >= 4 is 22.6 Å². The Hall–Kier alpha value is -2.01. The van der Waals surface area contributed by atoms with Crippen LogP contribution in [0.15, 0.2) is 28.7 Å². The zero-order valence-corrected chi connectivity index (χ0v) is 12.6. The maximum absolute atomic E-state index is 12.6. The van der Waals surface area contributed by atoms with Crippen molar-refractivity contribution < 1.29 is 13.9 Å². The van der Waals surface area contributed by atoms with Crippen molar-refractivity contribution in [1.29, 1.82) is 0 Å². The molecule has 0 aliphatic carbocycles. The number of rotatable bonds is 1. The first-order chi connectivity index (χ1) is 9.84. The molecule has 0 bridgehead atoms. The highest BCUT2D eigenvalue weighted by molar-refractivity contribution is 5.96. The van der Waals surface area contributed by atoms with Gasteiger partial charge in [0.25, 0.3) is 5.91 Å². The van der Waals surface area contributed by atoms with Gasteiger partial charge in [0.2, 0.25) is 0 Å². The molecule has 1 aliphatic heterocycles. The first kappa shape index (κ1) is 13.9. The second kappa shape index (κ2) is 4.77. The van der Waals surface area contributed by atoms with E-state index in [9.17, 15) is 4.79 Å². The average Bonchev–Trinajstić information content (AvgIpc) is 2.78. The fourth-order valence-corrected chi connectivity index (χ4v) is 2.93. The minimum atomic E-state index is -0.343. The number of hydrogen-bond acceptors (Lipinski definition) is 4. The van der Waals surface area contributed by atoms with Gasteiger partial charge in [-0.3, -0.25) is 4.79 Å². The number of hydrogen-bond donors (Lipinski definition) is 1. The van der Waals surface area contributed by atoms with Gasteiger partial charge < -0.3 is 19.8 Å². The fraction of sp³-hybridized carbons (Fsp3) is 0.438. The van der Waals surface area contributed by atoms with E-state index in [2.05, 4.69) is 0 Å². The van der Waals surface area contributed by atoms with E-state index in [1.807, 2.05) is 26.8 Å². The molecular formula is C16H20N2O3. The number of nitrogens with zero attached hydrogens (tertiary/aromatic N) is 1. The molecule has 3 rings (SSSR count). The molecule has 1 aromatic carbocycles. The minimum absolute atomic E-state index is 0.0118. The van der Waals surface area contributed by atoms with E-state index < -0.39 is 0 Å². The van der Waals surface area contributed by atoms with E-state index in [0.717, 1.165) is 5.39 Å². The molecule has 0 spiro atoms. The van der Waals surface area contributed by atoms with E-state index in [4.69, 9.17) is 14.9 Å². The standard InChI is InChI=1S/C16H20N2O3/c1-10-8-18(9-16(2,3)21-10)15(19)14-7-11-6-12(17)4-5-13(11)20-14/h4-7,10H,8-9,17H2,1-3H3. The lowest BCUT2D eigenvalue weighted by atomic mass is 10.1. The lowest BCUT2D eigenvalue weighted by Gasteiger charge is -2.41. The SMILES string of the molecule is CC1CN(C(=O)c2cc3cc(N)ccc3o2)CC(C)(C)O1. The van der Waals surface area contributed by atoms with Gasteiger partial charge in [0.1, 0.15) is 5.58 Å². The average molecular weight is 288 g/mol. The number of nitrogen functional groups attached to an aromatic ring is 1. The number of nitrogens with two attached hydrogens (primary N) is 1. The third kappa shape index (κ3) is 2.74. The van der Waals surface area contributed by atoms with Gasteiger partial charge in [0.15, 0.2) is 5.76 Å². The fourth-order valence-electron chi connectivity index (χ4n) is 2.93. The Bertz CT molecular complexity index is 690. The van der Waals surface area contributed by atoms with Gasteiger partial charge in [-0.25, -0.2) is 0 Å². The van der Waals surface area contributed by atoms with Crippen LogP contribution in [0.4, 0.5) is 5.69 Å². The Balaban J connectivity index is 1.89. The maximum Gasteiger partial charge on any atom is 0.289 e. The summed E-state index contributed by atoms with van der Waals surface area (Å²) in [6.45, 7) is 7.07. The smallest absolute Gasteiger partial charge is 0.289 e. The predicted molar refractivity (Wildman–Crippen MR) is 81.2 cm³/mol.